The van der Waals surface area contributed by atoms with E-state index in [2.05, 4.69) is 58.2 Å². The number of likely N-dealkylation sites (tertiary alicyclic amines) is 1. The number of aromatic nitrogens is 5. The SMILES string of the molecule is CCn1cc(CN2CCC(n3cc(C(C)C)cn3)CC2)nn1. The molecule has 1 saturated heterocycles. The summed E-state index contributed by atoms with van der Waals surface area (Å²) in [5.41, 5.74) is 2.40. The van der Waals surface area contributed by atoms with Gasteiger partial charge in [-0.05, 0) is 31.2 Å². The van der Waals surface area contributed by atoms with Gasteiger partial charge in [-0.2, -0.15) is 5.10 Å². The van der Waals surface area contributed by atoms with Gasteiger partial charge in [0.2, 0.25) is 0 Å². The van der Waals surface area contributed by atoms with Gasteiger partial charge in [0.05, 0.1) is 17.9 Å². The summed E-state index contributed by atoms with van der Waals surface area (Å²) in [6.45, 7) is 10.5. The Balaban J connectivity index is 1.53. The lowest BCUT2D eigenvalue weighted by Gasteiger charge is -2.31. The maximum Gasteiger partial charge on any atom is 0.0967 e. The molecule has 1 aliphatic heterocycles. The topological polar surface area (TPSA) is 51.8 Å². The van der Waals surface area contributed by atoms with E-state index in [0.29, 0.717) is 12.0 Å². The molecule has 0 unspecified atom stereocenters. The van der Waals surface area contributed by atoms with E-state index < -0.39 is 0 Å². The minimum atomic E-state index is 0.537. The Kier molecular flexibility index (Phi) is 4.57. The molecule has 0 saturated carbocycles. The first-order valence-electron chi connectivity index (χ1n) is 8.31. The molecule has 22 heavy (non-hydrogen) atoms. The van der Waals surface area contributed by atoms with E-state index in [1.807, 2.05) is 10.9 Å². The Bertz CT molecular complexity index is 591. The molecule has 6 nitrogen and oxygen atoms in total. The number of aryl methyl sites for hydroxylation is 1. The minimum Gasteiger partial charge on any atom is -0.297 e. The molecule has 120 valence electrons. The summed E-state index contributed by atoms with van der Waals surface area (Å²) >= 11 is 0. The van der Waals surface area contributed by atoms with E-state index in [1.165, 1.54) is 5.56 Å². The van der Waals surface area contributed by atoms with Gasteiger partial charge in [-0.25, -0.2) is 0 Å². The van der Waals surface area contributed by atoms with Gasteiger partial charge in [0.15, 0.2) is 0 Å². The van der Waals surface area contributed by atoms with Crippen molar-refractivity contribution in [3.8, 4) is 0 Å². The number of piperidine rings is 1. The highest BCUT2D eigenvalue weighted by atomic mass is 15.4. The number of rotatable bonds is 5. The van der Waals surface area contributed by atoms with Crippen LogP contribution in [0.2, 0.25) is 0 Å². The number of hydrogen-bond acceptors (Lipinski definition) is 4. The molecule has 0 amide bonds. The van der Waals surface area contributed by atoms with E-state index in [9.17, 15) is 0 Å². The van der Waals surface area contributed by atoms with Crippen molar-refractivity contribution >= 4 is 0 Å². The first-order valence-corrected chi connectivity index (χ1v) is 8.31. The highest BCUT2D eigenvalue weighted by Crippen LogP contribution is 2.24. The smallest absolute Gasteiger partial charge is 0.0967 e. The molecule has 3 heterocycles. The predicted octanol–water partition coefficient (Wildman–Crippen LogP) is 2.46. The van der Waals surface area contributed by atoms with Crippen LogP contribution >= 0.6 is 0 Å². The number of hydrogen-bond donors (Lipinski definition) is 0. The standard InChI is InChI=1S/C16H26N6/c1-4-21-12-15(18-19-21)11-20-7-5-16(6-8-20)22-10-14(9-17-22)13(2)3/h9-10,12-13,16H,4-8,11H2,1-3H3. The average Bonchev–Trinajstić information content (AvgIpc) is 3.17. The summed E-state index contributed by atoms with van der Waals surface area (Å²) in [5.74, 6) is 0.551. The van der Waals surface area contributed by atoms with E-state index in [1.54, 1.807) is 0 Å². The van der Waals surface area contributed by atoms with Crippen molar-refractivity contribution in [2.75, 3.05) is 13.1 Å². The van der Waals surface area contributed by atoms with Crippen molar-refractivity contribution in [3.63, 3.8) is 0 Å². The molecular formula is C16H26N6. The zero-order valence-corrected chi connectivity index (χ0v) is 13.8. The van der Waals surface area contributed by atoms with Crippen molar-refractivity contribution in [1.82, 2.24) is 29.7 Å². The Hall–Kier alpha value is -1.69. The molecule has 0 atom stereocenters. The van der Waals surface area contributed by atoms with Crippen LogP contribution in [0.3, 0.4) is 0 Å². The van der Waals surface area contributed by atoms with Gasteiger partial charge in [-0.3, -0.25) is 14.3 Å². The van der Waals surface area contributed by atoms with Gasteiger partial charge in [0.25, 0.3) is 0 Å². The summed E-state index contributed by atoms with van der Waals surface area (Å²) in [6, 6.07) is 0.537. The van der Waals surface area contributed by atoms with Crippen LogP contribution in [0.1, 0.15) is 56.8 Å². The van der Waals surface area contributed by atoms with Gasteiger partial charge in [-0.1, -0.05) is 19.1 Å². The summed E-state index contributed by atoms with van der Waals surface area (Å²) < 4.78 is 4.05. The van der Waals surface area contributed by atoms with Gasteiger partial charge in [0, 0.05) is 38.6 Å². The molecule has 6 heteroatoms. The third kappa shape index (κ3) is 3.38. The lowest BCUT2D eigenvalue weighted by Crippen LogP contribution is -2.34. The molecule has 0 spiro atoms. The second kappa shape index (κ2) is 6.60. The molecule has 0 bridgehead atoms. The largest absolute Gasteiger partial charge is 0.297 e. The molecule has 1 aliphatic rings. The normalized spacial score (nSPS) is 17.5. The summed E-state index contributed by atoms with van der Waals surface area (Å²) in [4.78, 5) is 2.47. The van der Waals surface area contributed by atoms with Crippen LogP contribution in [-0.4, -0.2) is 42.8 Å². The van der Waals surface area contributed by atoms with Crippen LogP contribution in [0.5, 0.6) is 0 Å². The third-order valence-corrected chi connectivity index (χ3v) is 4.52. The monoisotopic (exact) mass is 302 g/mol. The first-order chi connectivity index (χ1) is 10.7. The Morgan fingerprint density at radius 3 is 2.59 bits per heavy atom. The van der Waals surface area contributed by atoms with Crippen LogP contribution in [0, 0.1) is 0 Å². The molecule has 2 aromatic heterocycles. The van der Waals surface area contributed by atoms with Crippen molar-refractivity contribution in [3.05, 3.63) is 29.8 Å². The average molecular weight is 302 g/mol. The second-order valence-electron chi connectivity index (χ2n) is 6.48. The zero-order chi connectivity index (χ0) is 15.5. The molecule has 0 aromatic carbocycles. The lowest BCUT2D eigenvalue weighted by atomic mass is 10.0. The summed E-state index contributed by atoms with van der Waals surface area (Å²) in [7, 11) is 0. The highest BCUT2D eigenvalue weighted by molar-refractivity contribution is 5.09. The zero-order valence-electron chi connectivity index (χ0n) is 13.8. The maximum atomic E-state index is 4.56. The van der Waals surface area contributed by atoms with Crippen LogP contribution < -0.4 is 0 Å². The molecule has 0 aliphatic carbocycles. The van der Waals surface area contributed by atoms with E-state index in [0.717, 1.165) is 44.7 Å². The summed E-state index contributed by atoms with van der Waals surface area (Å²) in [5, 5.41) is 12.9. The van der Waals surface area contributed by atoms with Crippen molar-refractivity contribution in [1.29, 1.82) is 0 Å². The van der Waals surface area contributed by atoms with Crippen LogP contribution in [0.4, 0.5) is 0 Å². The van der Waals surface area contributed by atoms with Gasteiger partial charge in [0.1, 0.15) is 0 Å². The fraction of sp³-hybridized carbons (Fsp3) is 0.688. The molecule has 3 rings (SSSR count). The van der Waals surface area contributed by atoms with Gasteiger partial charge in [-0.15, -0.1) is 5.10 Å². The minimum absolute atomic E-state index is 0.537. The second-order valence-corrected chi connectivity index (χ2v) is 6.48. The van der Waals surface area contributed by atoms with Gasteiger partial charge < -0.3 is 0 Å². The Labute approximate surface area is 132 Å². The molecule has 0 radical (unpaired) electrons. The quantitative estimate of drug-likeness (QED) is 0.851. The van der Waals surface area contributed by atoms with Crippen molar-refractivity contribution in [2.24, 2.45) is 0 Å². The van der Waals surface area contributed by atoms with Gasteiger partial charge >= 0.3 is 0 Å². The third-order valence-electron chi connectivity index (χ3n) is 4.52. The fourth-order valence-electron chi connectivity index (χ4n) is 2.99. The Morgan fingerprint density at radius 2 is 2.00 bits per heavy atom. The van der Waals surface area contributed by atoms with E-state index in [4.69, 9.17) is 0 Å². The highest BCUT2D eigenvalue weighted by Gasteiger charge is 2.22. The van der Waals surface area contributed by atoms with E-state index >= 15 is 0 Å². The first kappa shape index (κ1) is 15.2. The lowest BCUT2D eigenvalue weighted by molar-refractivity contribution is 0.171. The fourth-order valence-corrected chi connectivity index (χ4v) is 2.99. The molecule has 0 N–H and O–H groups in total. The van der Waals surface area contributed by atoms with Crippen LogP contribution in [0.25, 0.3) is 0 Å². The summed E-state index contributed by atoms with van der Waals surface area (Å²) in [6.07, 6.45) is 8.59. The van der Waals surface area contributed by atoms with Crippen LogP contribution in [-0.2, 0) is 13.1 Å². The molecule has 2 aromatic rings. The predicted molar refractivity (Wildman–Crippen MR) is 85.6 cm³/mol. The van der Waals surface area contributed by atoms with Crippen molar-refractivity contribution < 1.29 is 0 Å². The van der Waals surface area contributed by atoms with Crippen LogP contribution in [0.15, 0.2) is 18.6 Å². The number of nitrogens with zero attached hydrogens (tertiary/aromatic N) is 6. The van der Waals surface area contributed by atoms with E-state index in [-0.39, 0.29) is 0 Å². The molecular weight excluding hydrogens is 276 g/mol. The molecule has 1 fully saturated rings. The van der Waals surface area contributed by atoms with Crippen molar-refractivity contribution in [2.45, 2.75) is 58.7 Å². The Morgan fingerprint density at radius 1 is 1.23 bits per heavy atom. The maximum absolute atomic E-state index is 4.56.